The molecule has 0 fully saturated rings. The monoisotopic (exact) mass is 387 g/mol. The number of hydrogen-bond acceptors (Lipinski definition) is 5. The Morgan fingerprint density at radius 3 is 2.57 bits per heavy atom. The molecule has 0 aliphatic carbocycles. The van der Waals surface area contributed by atoms with E-state index in [1.807, 2.05) is 25.6 Å². The maximum atomic E-state index is 12.0. The van der Waals surface area contributed by atoms with E-state index in [1.165, 1.54) is 19.6 Å². The minimum absolute atomic E-state index is 0.00156. The van der Waals surface area contributed by atoms with Gasteiger partial charge in [-0.25, -0.2) is 0 Å². The molecule has 7 heteroatoms. The molecule has 0 saturated carbocycles. The zero-order valence-electron chi connectivity index (χ0n) is 17.3. The van der Waals surface area contributed by atoms with Gasteiger partial charge in [0, 0.05) is 31.3 Å². The minimum Gasteiger partial charge on any atom is -0.493 e. The zero-order valence-corrected chi connectivity index (χ0v) is 17.3. The lowest BCUT2D eigenvalue weighted by Crippen LogP contribution is -2.26. The third-order valence-corrected chi connectivity index (χ3v) is 4.73. The van der Waals surface area contributed by atoms with E-state index >= 15 is 0 Å². The van der Waals surface area contributed by atoms with Gasteiger partial charge < -0.3 is 14.8 Å². The first-order valence-electron chi connectivity index (χ1n) is 9.41. The molecule has 0 radical (unpaired) electrons. The molecule has 0 aliphatic heterocycles. The predicted octanol–water partition coefficient (Wildman–Crippen LogP) is 2.77. The summed E-state index contributed by atoms with van der Waals surface area (Å²) >= 11 is 0. The van der Waals surface area contributed by atoms with Gasteiger partial charge in [0.15, 0.2) is 17.3 Å². The molecular formula is C21H29N3O4. The van der Waals surface area contributed by atoms with E-state index in [4.69, 9.17) is 9.47 Å². The first-order chi connectivity index (χ1) is 13.3. The number of benzene rings is 1. The molecule has 1 aromatic carbocycles. The van der Waals surface area contributed by atoms with Crippen molar-refractivity contribution >= 4 is 11.7 Å². The summed E-state index contributed by atoms with van der Waals surface area (Å²) in [6.45, 7) is 6.51. The summed E-state index contributed by atoms with van der Waals surface area (Å²) in [5.74, 6) is 1.05. The normalized spacial score (nSPS) is 10.6. The quantitative estimate of drug-likeness (QED) is 0.501. The van der Waals surface area contributed by atoms with Gasteiger partial charge in [-0.05, 0) is 57.4 Å². The molecule has 0 spiro atoms. The summed E-state index contributed by atoms with van der Waals surface area (Å²) in [7, 11) is 3.46. The van der Waals surface area contributed by atoms with Crippen LogP contribution in [0.2, 0.25) is 0 Å². The Kier molecular flexibility index (Phi) is 7.61. The first kappa shape index (κ1) is 21.5. The van der Waals surface area contributed by atoms with Crippen LogP contribution in [0.3, 0.4) is 0 Å². The highest BCUT2D eigenvalue weighted by atomic mass is 16.5. The second-order valence-electron chi connectivity index (χ2n) is 6.75. The molecule has 1 aromatic heterocycles. The van der Waals surface area contributed by atoms with Crippen molar-refractivity contribution in [3.63, 3.8) is 0 Å². The van der Waals surface area contributed by atoms with E-state index < -0.39 is 0 Å². The van der Waals surface area contributed by atoms with Crippen molar-refractivity contribution in [1.82, 2.24) is 15.1 Å². The van der Waals surface area contributed by atoms with Gasteiger partial charge in [-0.15, -0.1) is 0 Å². The summed E-state index contributed by atoms with van der Waals surface area (Å²) < 4.78 is 12.8. The van der Waals surface area contributed by atoms with Crippen molar-refractivity contribution in [2.45, 2.75) is 40.0 Å². The smallest absolute Gasteiger partial charge is 0.220 e. The Bertz CT molecular complexity index is 842. The number of rotatable bonds is 10. The number of methoxy groups -OCH3 is 1. The summed E-state index contributed by atoms with van der Waals surface area (Å²) in [6, 6.07) is 5.08. The molecule has 2 aromatic rings. The molecule has 0 unspecified atom stereocenters. The second-order valence-corrected chi connectivity index (χ2v) is 6.75. The van der Waals surface area contributed by atoms with E-state index in [2.05, 4.69) is 10.4 Å². The van der Waals surface area contributed by atoms with Gasteiger partial charge in [-0.1, -0.05) is 0 Å². The van der Waals surface area contributed by atoms with Crippen LogP contribution in [-0.4, -0.2) is 41.7 Å². The first-order valence-corrected chi connectivity index (χ1v) is 9.41. The van der Waals surface area contributed by atoms with Crippen molar-refractivity contribution in [2.75, 3.05) is 20.3 Å². The Morgan fingerprint density at radius 2 is 1.96 bits per heavy atom. The highest BCUT2D eigenvalue weighted by Crippen LogP contribution is 2.28. The lowest BCUT2D eigenvalue weighted by molar-refractivity contribution is -0.121. The zero-order chi connectivity index (χ0) is 20.7. The third kappa shape index (κ3) is 5.58. The van der Waals surface area contributed by atoms with Crippen LogP contribution in [0.4, 0.5) is 0 Å². The van der Waals surface area contributed by atoms with Crippen molar-refractivity contribution in [3.05, 3.63) is 40.7 Å². The number of ketones is 1. The number of aryl methyl sites for hydroxylation is 2. The van der Waals surface area contributed by atoms with Gasteiger partial charge in [0.25, 0.3) is 0 Å². The summed E-state index contributed by atoms with van der Waals surface area (Å²) in [5, 5.41) is 7.33. The predicted molar refractivity (Wildman–Crippen MR) is 107 cm³/mol. The number of hydrogen-bond donors (Lipinski definition) is 1. The average Bonchev–Trinajstić information content (AvgIpc) is 2.91. The van der Waals surface area contributed by atoms with Crippen molar-refractivity contribution < 1.29 is 19.1 Å². The lowest BCUT2D eigenvalue weighted by atomic mass is 10.1. The SMILES string of the molecule is COc1cc(C(C)=O)ccc1OCCCC(=O)NCCc1c(C)nn(C)c1C. The third-order valence-electron chi connectivity index (χ3n) is 4.73. The van der Waals surface area contributed by atoms with E-state index in [9.17, 15) is 9.59 Å². The van der Waals surface area contributed by atoms with Crippen LogP contribution < -0.4 is 14.8 Å². The number of aromatic nitrogens is 2. The fraction of sp³-hybridized carbons (Fsp3) is 0.476. The van der Waals surface area contributed by atoms with Crippen molar-refractivity contribution in [1.29, 1.82) is 0 Å². The summed E-state index contributed by atoms with van der Waals surface area (Å²) in [5.41, 5.74) is 3.90. The van der Waals surface area contributed by atoms with Crippen LogP contribution in [0, 0.1) is 13.8 Å². The maximum Gasteiger partial charge on any atom is 0.220 e. The van der Waals surface area contributed by atoms with Crippen molar-refractivity contribution in [3.8, 4) is 11.5 Å². The van der Waals surface area contributed by atoms with E-state index in [0.717, 1.165) is 17.8 Å². The lowest BCUT2D eigenvalue weighted by Gasteiger charge is -2.11. The van der Waals surface area contributed by atoms with Crippen molar-refractivity contribution in [2.24, 2.45) is 7.05 Å². The number of carbonyl (C=O) groups excluding carboxylic acids is 2. The van der Waals surface area contributed by atoms with Crippen LogP contribution in [0.5, 0.6) is 11.5 Å². The highest BCUT2D eigenvalue weighted by molar-refractivity contribution is 5.94. The molecule has 2 rings (SSSR count). The summed E-state index contributed by atoms with van der Waals surface area (Å²) in [6.07, 6.45) is 1.75. The Morgan fingerprint density at radius 1 is 1.21 bits per heavy atom. The molecule has 0 atom stereocenters. The minimum atomic E-state index is -0.0295. The van der Waals surface area contributed by atoms with Crippen LogP contribution in [0.15, 0.2) is 18.2 Å². The number of nitrogens with zero attached hydrogens (tertiary/aromatic N) is 2. The Balaban J connectivity index is 1.72. The highest BCUT2D eigenvalue weighted by Gasteiger charge is 2.11. The Hall–Kier alpha value is -2.83. The van der Waals surface area contributed by atoms with Crippen LogP contribution in [0.1, 0.15) is 47.1 Å². The fourth-order valence-electron chi connectivity index (χ4n) is 3.02. The van der Waals surface area contributed by atoms with E-state index in [-0.39, 0.29) is 11.7 Å². The molecule has 7 nitrogen and oxygen atoms in total. The van der Waals surface area contributed by atoms with Crippen LogP contribution in [-0.2, 0) is 18.3 Å². The number of Topliss-reactive ketones (excluding diaryl/α,β-unsaturated/α-hetero) is 1. The molecule has 0 bridgehead atoms. The average molecular weight is 387 g/mol. The van der Waals surface area contributed by atoms with Crippen LogP contribution in [0.25, 0.3) is 0 Å². The number of carbonyl (C=O) groups is 2. The molecule has 1 N–H and O–H groups in total. The second kappa shape index (κ2) is 9.92. The number of ether oxygens (including phenoxy) is 2. The van der Waals surface area contributed by atoms with Gasteiger partial charge in [-0.3, -0.25) is 14.3 Å². The van der Waals surface area contributed by atoms with Gasteiger partial charge in [-0.2, -0.15) is 5.10 Å². The molecule has 152 valence electrons. The maximum absolute atomic E-state index is 12.0. The largest absolute Gasteiger partial charge is 0.493 e. The standard InChI is InChI=1S/C21H29N3O4/c1-14-18(15(2)24(4)23-14)10-11-22-21(26)7-6-12-28-19-9-8-17(16(3)25)13-20(19)27-5/h8-9,13H,6-7,10-12H2,1-5H3,(H,22,26). The number of amides is 1. The van der Waals surface area contributed by atoms with E-state index in [0.29, 0.717) is 43.1 Å². The van der Waals surface area contributed by atoms with E-state index in [1.54, 1.807) is 18.2 Å². The molecule has 1 heterocycles. The Labute approximate surface area is 166 Å². The van der Waals surface area contributed by atoms with Gasteiger partial charge in [0.2, 0.25) is 5.91 Å². The molecular weight excluding hydrogens is 358 g/mol. The molecule has 28 heavy (non-hydrogen) atoms. The van der Waals surface area contributed by atoms with Gasteiger partial charge >= 0.3 is 0 Å². The molecule has 0 aliphatic rings. The van der Waals surface area contributed by atoms with Gasteiger partial charge in [0.05, 0.1) is 19.4 Å². The fourth-order valence-corrected chi connectivity index (χ4v) is 3.02. The molecule has 0 saturated heterocycles. The van der Waals surface area contributed by atoms with Gasteiger partial charge in [0.1, 0.15) is 0 Å². The number of nitrogens with one attached hydrogen (secondary N) is 1. The topological polar surface area (TPSA) is 82.4 Å². The van der Waals surface area contributed by atoms with Crippen LogP contribution >= 0.6 is 0 Å². The summed E-state index contributed by atoms with van der Waals surface area (Å²) in [4.78, 5) is 23.4. The molecule has 1 amide bonds.